The Morgan fingerprint density at radius 1 is 1.00 bits per heavy atom. The van der Waals surface area contributed by atoms with Gasteiger partial charge in [0.2, 0.25) is 10.0 Å². The summed E-state index contributed by atoms with van der Waals surface area (Å²) in [5, 5.41) is 26.6. The Labute approximate surface area is 120 Å². The second kappa shape index (κ2) is 5.43. The number of sulfonamides is 1. The van der Waals surface area contributed by atoms with Gasteiger partial charge in [-0.2, -0.15) is 0 Å². The lowest BCUT2D eigenvalue weighted by atomic mass is 10.1. The first-order valence-corrected chi connectivity index (χ1v) is 7.29. The number of carbonyl (C=O) groups is 1. The summed E-state index contributed by atoms with van der Waals surface area (Å²) < 4.78 is 22.9. The zero-order valence-electron chi connectivity index (χ0n) is 10.6. The summed E-state index contributed by atoms with van der Waals surface area (Å²) in [5.74, 6) is -1.72. The standard InChI is InChI=1S/C13H12N2O5S/c14-21(19,20)11-7-2-1-4-8(11)15-13(18)12-9(16)5-3-6-10(12)17/h1-7,16-17H,(H,15,18)(H2,14,19,20). The highest BCUT2D eigenvalue weighted by Crippen LogP contribution is 2.28. The van der Waals surface area contributed by atoms with Crippen molar-refractivity contribution in [2.45, 2.75) is 4.90 Å². The molecular formula is C13H12N2O5S. The molecule has 0 bridgehead atoms. The fourth-order valence-electron chi connectivity index (χ4n) is 1.76. The number of primary sulfonamides is 1. The van der Waals surface area contributed by atoms with Crippen LogP contribution in [0.5, 0.6) is 11.5 Å². The molecule has 0 atom stereocenters. The number of carbonyl (C=O) groups excluding carboxylic acids is 1. The first-order valence-electron chi connectivity index (χ1n) is 5.75. The molecule has 0 radical (unpaired) electrons. The molecule has 8 heteroatoms. The van der Waals surface area contributed by atoms with Gasteiger partial charge in [0.1, 0.15) is 22.0 Å². The van der Waals surface area contributed by atoms with Crippen molar-refractivity contribution < 1.29 is 23.4 Å². The summed E-state index contributed by atoms with van der Waals surface area (Å²) >= 11 is 0. The van der Waals surface area contributed by atoms with Crippen molar-refractivity contribution in [1.29, 1.82) is 0 Å². The van der Waals surface area contributed by atoms with E-state index >= 15 is 0 Å². The molecule has 2 aromatic rings. The summed E-state index contributed by atoms with van der Waals surface area (Å²) in [5.41, 5.74) is -0.408. The monoisotopic (exact) mass is 308 g/mol. The van der Waals surface area contributed by atoms with Crippen LogP contribution in [0.15, 0.2) is 47.4 Å². The van der Waals surface area contributed by atoms with E-state index in [1.54, 1.807) is 0 Å². The first kappa shape index (κ1) is 14.8. The Balaban J connectivity index is 2.42. The van der Waals surface area contributed by atoms with Gasteiger partial charge >= 0.3 is 0 Å². The predicted octanol–water partition coefficient (Wildman–Crippen LogP) is 0.998. The van der Waals surface area contributed by atoms with Gasteiger partial charge in [0, 0.05) is 0 Å². The number of phenolic OH excluding ortho intramolecular Hbond substituents is 2. The first-order chi connectivity index (χ1) is 9.80. The molecular weight excluding hydrogens is 296 g/mol. The summed E-state index contributed by atoms with van der Waals surface area (Å²) in [6.45, 7) is 0. The molecule has 0 heterocycles. The van der Waals surface area contributed by atoms with Gasteiger partial charge in [0.15, 0.2) is 0 Å². The molecule has 0 aliphatic carbocycles. The van der Waals surface area contributed by atoms with Crippen LogP contribution >= 0.6 is 0 Å². The zero-order valence-corrected chi connectivity index (χ0v) is 11.5. The van der Waals surface area contributed by atoms with E-state index in [4.69, 9.17) is 5.14 Å². The highest BCUT2D eigenvalue weighted by Gasteiger charge is 2.19. The van der Waals surface area contributed by atoms with Gasteiger partial charge in [0.05, 0.1) is 5.69 Å². The van der Waals surface area contributed by atoms with E-state index in [9.17, 15) is 23.4 Å². The Kier molecular flexibility index (Phi) is 3.83. The van der Waals surface area contributed by atoms with Crippen molar-refractivity contribution in [1.82, 2.24) is 0 Å². The number of para-hydroxylation sites is 1. The third kappa shape index (κ3) is 3.12. The average molecular weight is 308 g/mol. The highest BCUT2D eigenvalue weighted by atomic mass is 32.2. The van der Waals surface area contributed by atoms with Gasteiger partial charge in [-0.3, -0.25) is 4.79 Å². The van der Waals surface area contributed by atoms with Crippen molar-refractivity contribution in [2.24, 2.45) is 5.14 Å². The number of benzene rings is 2. The molecule has 110 valence electrons. The Morgan fingerprint density at radius 2 is 1.57 bits per heavy atom. The number of nitrogens with one attached hydrogen (secondary N) is 1. The summed E-state index contributed by atoms with van der Waals surface area (Å²) in [7, 11) is -4.02. The maximum absolute atomic E-state index is 12.1. The van der Waals surface area contributed by atoms with E-state index in [1.807, 2.05) is 0 Å². The number of phenols is 2. The average Bonchev–Trinajstić information content (AvgIpc) is 2.37. The van der Waals surface area contributed by atoms with Crippen LogP contribution in [-0.2, 0) is 10.0 Å². The minimum atomic E-state index is -4.02. The third-order valence-electron chi connectivity index (χ3n) is 2.69. The molecule has 0 fully saturated rings. The van der Waals surface area contributed by atoms with E-state index in [0.717, 1.165) is 0 Å². The highest BCUT2D eigenvalue weighted by molar-refractivity contribution is 7.89. The molecule has 2 rings (SSSR count). The van der Waals surface area contributed by atoms with Crippen molar-refractivity contribution >= 4 is 21.6 Å². The molecule has 0 aliphatic heterocycles. The van der Waals surface area contributed by atoms with E-state index in [-0.39, 0.29) is 16.1 Å². The fourth-order valence-corrected chi connectivity index (χ4v) is 2.46. The lowest BCUT2D eigenvalue weighted by Gasteiger charge is -2.11. The smallest absolute Gasteiger partial charge is 0.263 e. The molecule has 21 heavy (non-hydrogen) atoms. The molecule has 1 amide bonds. The molecule has 0 aliphatic rings. The van der Waals surface area contributed by atoms with E-state index < -0.39 is 27.4 Å². The van der Waals surface area contributed by atoms with Gasteiger partial charge < -0.3 is 15.5 Å². The largest absolute Gasteiger partial charge is 0.507 e. The minimum Gasteiger partial charge on any atom is -0.507 e. The van der Waals surface area contributed by atoms with Crippen LogP contribution in [0.1, 0.15) is 10.4 Å². The van der Waals surface area contributed by atoms with Gasteiger partial charge in [-0.1, -0.05) is 18.2 Å². The number of amides is 1. The van der Waals surface area contributed by atoms with Crippen LogP contribution in [0.2, 0.25) is 0 Å². The summed E-state index contributed by atoms with van der Waals surface area (Å²) in [6, 6.07) is 9.34. The number of hydrogen-bond acceptors (Lipinski definition) is 5. The lowest BCUT2D eigenvalue weighted by Crippen LogP contribution is -2.18. The summed E-state index contributed by atoms with van der Waals surface area (Å²) in [4.78, 5) is 11.8. The van der Waals surface area contributed by atoms with Crippen molar-refractivity contribution in [3.05, 3.63) is 48.0 Å². The van der Waals surface area contributed by atoms with Gasteiger partial charge in [-0.15, -0.1) is 0 Å². The molecule has 7 nitrogen and oxygen atoms in total. The SMILES string of the molecule is NS(=O)(=O)c1ccccc1NC(=O)c1c(O)cccc1O. The molecule has 0 aromatic heterocycles. The molecule has 2 aromatic carbocycles. The van der Waals surface area contributed by atoms with Crippen LogP contribution in [0.4, 0.5) is 5.69 Å². The van der Waals surface area contributed by atoms with Crippen LogP contribution in [0.3, 0.4) is 0 Å². The number of aromatic hydroxyl groups is 2. The van der Waals surface area contributed by atoms with Crippen molar-refractivity contribution in [2.75, 3.05) is 5.32 Å². The molecule has 5 N–H and O–H groups in total. The maximum atomic E-state index is 12.1. The molecule has 0 saturated heterocycles. The second-order valence-electron chi connectivity index (χ2n) is 4.17. The molecule has 0 unspecified atom stereocenters. The van der Waals surface area contributed by atoms with Gasteiger partial charge in [-0.25, -0.2) is 13.6 Å². The predicted molar refractivity (Wildman–Crippen MR) is 75.5 cm³/mol. The normalized spacial score (nSPS) is 11.1. The van der Waals surface area contributed by atoms with Crippen molar-refractivity contribution in [3.63, 3.8) is 0 Å². The molecule has 0 saturated carbocycles. The van der Waals surface area contributed by atoms with Crippen molar-refractivity contribution in [3.8, 4) is 11.5 Å². The summed E-state index contributed by atoms with van der Waals surface area (Å²) in [6.07, 6.45) is 0. The number of rotatable bonds is 3. The zero-order chi connectivity index (χ0) is 15.6. The van der Waals surface area contributed by atoms with Crippen LogP contribution in [0, 0.1) is 0 Å². The van der Waals surface area contributed by atoms with Crippen LogP contribution in [0.25, 0.3) is 0 Å². The fraction of sp³-hybridized carbons (Fsp3) is 0. The Hall–Kier alpha value is -2.58. The topological polar surface area (TPSA) is 130 Å². The second-order valence-corrected chi connectivity index (χ2v) is 5.70. The third-order valence-corrected chi connectivity index (χ3v) is 3.66. The number of anilines is 1. The Bertz CT molecular complexity index is 782. The number of nitrogens with two attached hydrogens (primary N) is 1. The maximum Gasteiger partial charge on any atom is 0.263 e. The van der Waals surface area contributed by atoms with E-state index in [1.165, 1.54) is 42.5 Å². The minimum absolute atomic E-state index is 0.0485. The van der Waals surface area contributed by atoms with E-state index in [2.05, 4.69) is 5.32 Å². The lowest BCUT2D eigenvalue weighted by molar-refractivity contribution is 0.102. The van der Waals surface area contributed by atoms with Gasteiger partial charge in [-0.05, 0) is 24.3 Å². The van der Waals surface area contributed by atoms with E-state index in [0.29, 0.717) is 0 Å². The van der Waals surface area contributed by atoms with Gasteiger partial charge in [0.25, 0.3) is 5.91 Å². The number of hydrogen-bond donors (Lipinski definition) is 4. The Morgan fingerprint density at radius 3 is 2.14 bits per heavy atom. The quantitative estimate of drug-likeness (QED) is 0.672. The van der Waals surface area contributed by atoms with Crippen LogP contribution < -0.4 is 10.5 Å². The van der Waals surface area contributed by atoms with Crippen LogP contribution in [-0.4, -0.2) is 24.5 Å². The molecule has 0 spiro atoms.